The third-order valence-electron chi connectivity index (χ3n) is 2.98. The zero-order chi connectivity index (χ0) is 13.8. The molecule has 0 aliphatic heterocycles. The van der Waals surface area contributed by atoms with Gasteiger partial charge in [0.05, 0.1) is 17.6 Å². The van der Waals surface area contributed by atoms with Gasteiger partial charge >= 0.3 is 0 Å². The van der Waals surface area contributed by atoms with E-state index in [1.165, 1.54) is 5.56 Å². The quantitative estimate of drug-likeness (QED) is 0.567. The van der Waals surface area contributed by atoms with Crippen LogP contribution in [0.3, 0.4) is 0 Å². The largest absolute Gasteiger partial charge is 0.493 e. The molecule has 20 heavy (non-hydrogen) atoms. The number of imidazole rings is 1. The van der Waals surface area contributed by atoms with E-state index in [1.807, 2.05) is 36.4 Å². The van der Waals surface area contributed by atoms with Crippen LogP contribution in [-0.4, -0.2) is 22.3 Å². The number of nitrogens with one attached hydrogen (secondary N) is 1. The van der Waals surface area contributed by atoms with Crippen molar-refractivity contribution in [2.75, 3.05) is 12.4 Å². The number of aromatic amines is 1. The minimum Gasteiger partial charge on any atom is -0.493 e. The predicted octanol–water partition coefficient (Wildman–Crippen LogP) is 4.04. The van der Waals surface area contributed by atoms with E-state index in [0.717, 1.165) is 27.7 Å². The van der Waals surface area contributed by atoms with Crippen molar-refractivity contribution in [2.45, 2.75) is 12.1 Å². The zero-order valence-electron chi connectivity index (χ0n) is 11.3. The summed E-state index contributed by atoms with van der Waals surface area (Å²) >= 11 is 1.68. The van der Waals surface area contributed by atoms with Crippen LogP contribution in [0, 0.1) is 6.92 Å². The summed E-state index contributed by atoms with van der Waals surface area (Å²) in [7, 11) is 0. The number of H-pyrrole nitrogens is 1. The van der Waals surface area contributed by atoms with Crippen molar-refractivity contribution in [3.05, 3.63) is 54.1 Å². The molecule has 0 aliphatic carbocycles. The van der Waals surface area contributed by atoms with E-state index in [2.05, 4.69) is 29.0 Å². The molecule has 4 heteroatoms. The Balaban J connectivity index is 1.51. The first-order valence-electron chi connectivity index (χ1n) is 6.58. The average Bonchev–Trinajstić information content (AvgIpc) is 2.88. The molecule has 3 nitrogen and oxygen atoms in total. The van der Waals surface area contributed by atoms with E-state index in [9.17, 15) is 0 Å². The molecule has 0 unspecified atom stereocenters. The van der Waals surface area contributed by atoms with Crippen LogP contribution >= 0.6 is 11.8 Å². The van der Waals surface area contributed by atoms with Gasteiger partial charge in [-0.1, -0.05) is 41.6 Å². The molecule has 0 spiro atoms. The standard InChI is InChI=1S/C16H16N2OS/c1-12-6-8-13(9-7-12)19-10-11-20-16-17-14-4-2-3-5-15(14)18-16/h2-9H,10-11H2,1H3,(H,17,18). The molecule has 3 rings (SSSR count). The lowest BCUT2D eigenvalue weighted by molar-refractivity contribution is 0.344. The summed E-state index contributed by atoms with van der Waals surface area (Å²) in [6.07, 6.45) is 0. The van der Waals surface area contributed by atoms with Crippen molar-refractivity contribution in [1.29, 1.82) is 0 Å². The van der Waals surface area contributed by atoms with Gasteiger partial charge in [-0.05, 0) is 31.2 Å². The Hall–Kier alpha value is -1.94. The summed E-state index contributed by atoms with van der Waals surface area (Å²) in [5.41, 5.74) is 3.33. The number of aryl methyl sites for hydroxylation is 1. The van der Waals surface area contributed by atoms with Crippen LogP contribution in [0.15, 0.2) is 53.7 Å². The van der Waals surface area contributed by atoms with Gasteiger partial charge in [-0.2, -0.15) is 0 Å². The summed E-state index contributed by atoms with van der Waals surface area (Å²) in [6.45, 7) is 2.74. The molecular weight excluding hydrogens is 268 g/mol. The Bertz CT molecular complexity index is 658. The molecule has 0 amide bonds. The van der Waals surface area contributed by atoms with Crippen molar-refractivity contribution < 1.29 is 4.74 Å². The molecule has 0 radical (unpaired) electrons. The number of rotatable bonds is 5. The number of thioether (sulfide) groups is 1. The first kappa shape index (κ1) is 13.1. The summed E-state index contributed by atoms with van der Waals surface area (Å²) in [5.74, 6) is 1.79. The molecule has 1 N–H and O–H groups in total. The predicted molar refractivity (Wildman–Crippen MR) is 83.5 cm³/mol. The van der Waals surface area contributed by atoms with Crippen LogP contribution in [-0.2, 0) is 0 Å². The van der Waals surface area contributed by atoms with Crippen LogP contribution in [0.25, 0.3) is 11.0 Å². The smallest absolute Gasteiger partial charge is 0.166 e. The van der Waals surface area contributed by atoms with Gasteiger partial charge in [-0.25, -0.2) is 4.98 Å². The van der Waals surface area contributed by atoms with Crippen LogP contribution in [0.5, 0.6) is 5.75 Å². The molecule has 0 saturated carbocycles. The monoisotopic (exact) mass is 284 g/mol. The van der Waals surface area contributed by atoms with Crippen molar-refractivity contribution in [1.82, 2.24) is 9.97 Å². The number of para-hydroxylation sites is 2. The normalized spacial score (nSPS) is 10.8. The first-order chi connectivity index (χ1) is 9.81. The average molecular weight is 284 g/mol. The third-order valence-corrected chi connectivity index (χ3v) is 3.82. The molecule has 2 aromatic carbocycles. The summed E-state index contributed by atoms with van der Waals surface area (Å²) in [5, 5.41) is 0.943. The van der Waals surface area contributed by atoms with Gasteiger partial charge in [0.25, 0.3) is 0 Å². The first-order valence-corrected chi connectivity index (χ1v) is 7.57. The van der Waals surface area contributed by atoms with E-state index in [0.29, 0.717) is 6.61 Å². The molecular formula is C16H16N2OS. The van der Waals surface area contributed by atoms with Gasteiger partial charge < -0.3 is 9.72 Å². The van der Waals surface area contributed by atoms with Gasteiger partial charge in [0, 0.05) is 5.75 Å². The molecule has 102 valence electrons. The molecule has 1 aromatic heterocycles. The Kier molecular flexibility index (Phi) is 3.92. The number of fused-ring (bicyclic) bond motifs is 1. The Labute approximate surface area is 122 Å². The fourth-order valence-electron chi connectivity index (χ4n) is 1.93. The molecule has 0 saturated heterocycles. The summed E-state index contributed by atoms with van der Waals surface area (Å²) in [4.78, 5) is 7.82. The highest BCUT2D eigenvalue weighted by Gasteiger charge is 2.02. The molecule has 0 fully saturated rings. The number of aromatic nitrogens is 2. The van der Waals surface area contributed by atoms with E-state index < -0.39 is 0 Å². The van der Waals surface area contributed by atoms with Crippen LogP contribution < -0.4 is 4.74 Å². The maximum Gasteiger partial charge on any atom is 0.166 e. The Morgan fingerprint density at radius 2 is 1.90 bits per heavy atom. The highest BCUT2D eigenvalue weighted by atomic mass is 32.2. The fourth-order valence-corrected chi connectivity index (χ4v) is 2.64. The van der Waals surface area contributed by atoms with Crippen molar-refractivity contribution >= 4 is 22.8 Å². The molecule has 0 aliphatic rings. The third kappa shape index (κ3) is 3.14. The van der Waals surface area contributed by atoms with Gasteiger partial charge in [-0.15, -0.1) is 0 Å². The van der Waals surface area contributed by atoms with E-state index in [-0.39, 0.29) is 0 Å². The molecule has 1 heterocycles. The lowest BCUT2D eigenvalue weighted by Crippen LogP contribution is -2.00. The lowest BCUT2D eigenvalue weighted by Gasteiger charge is -2.05. The highest BCUT2D eigenvalue weighted by molar-refractivity contribution is 7.99. The number of hydrogen-bond donors (Lipinski definition) is 1. The molecule has 0 atom stereocenters. The van der Waals surface area contributed by atoms with Crippen LogP contribution in [0.1, 0.15) is 5.56 Å². The SMILES string of the molecule is Cc1ccc(OCCSc2nc3ccccc3[nH]2)cc1. The van der Waals surface area contributed by atoms with Crippen LogP contribution in [0.2, 0.25) is 0 Å². The Morgan fingerprint density at radius 3 is 2.70 bits per heavy atom. The van der Waals surface area contributed by atoms with Gasteiger partial charge in [0.2, 0.25) is 0 Å². The van der Waals surface area contributed by atoms with E-state index >= 15 is 0 Å². The van der Waals surface area contributed by atoms with E-state index in [1.54, 1.807) is 11.8 Å². The number of hydrogen-bond acceptors (Lipinski definition) is 3. The molecule has 0 bridgehead atoms. The minimum absolute atomic E-state index is 0.671. The maximum absolute atomic E-state index is 5.69. The van der Waals surface area contributed by atoms with Crippen LogP contribution in [0.4, 0.5) is 0 Å². The number of nitrogens with zero attached hydrogens (tertiary/aromatic N) is 1. The van der Waals surface area contributed by atoms with Crippen molar-refractivity contribution in [3.8, 4) is 5.75 Å². The lowest BCUT2D eigenvalue weighted by atomic mass is 10.2. The second-order valence-corrected chi connectivity index (χ2v) is 5.65. The van der Waals surface area contributed by atoms with Gasteiger partial charge in [0.1, 0.15) is 5.75 Å². The van der Waals surface area contributed by atoms with Gasteiger partial charge in [0.15, 0.2) is 5.16 Å². The second-order valence-electron chi connectivity index (χ2n) is 4.57. The minimum atomic E-state index is 0.671. The topological polar surface area (TPSA) is 37.9 Å². The summed E-state index contributed by atoms with van der Waals surface area (Å²) in [6, 6.07) is 16.2. The van der Waals surface area contributed by atoms with Crippen molar-refractivity contribution in [2.24, 2.45) is 0 Å². The fraction of sp³-hybridized carbons (Fsp3) is 0.188. The zero-order valence-corrected chi connectivity index (χ0v) is 12.1. The number of ether oxygens (including phenoxy) is 1. The molecule has 3 aromatic rings. The highest BCUT2D eigenvalue weighted by Crippen LogP contribution is 2.19. The van der Waals surface area contributed by atoms with Crippen molar-refractivity contribution in [3.63, 3.8) is 0 Å². The van der Waals surface area contributed by atoms with Gasteiger partial charge in [-0.3, -0.25) is 0 Å². The number of benzene rings is 2. The van der Waals surface area contributed by atoms with E-state index in [4.69, 9.17) is 4.74 Å². The second kappa shape index (κ2) is 6.01. The summed E-state index contributed by atoms with van der Waals surface area (Å²) < 4.78 is 5.69. The maximum atomic E-state index is 5.69. The Morgan fingerprint density at radius 1 is 1.10 bits per heavy atom.